The molecule has 1 N–H and O–H groups in total. The molecular formula is C32H30N4O. The molecule has 2 aromatic heterocycles. The molecule has 5 nitrogen and oxygen atoms in total. The summed E-state index contributed by atoms with van der Waals surface area (Å²) in [4.78, 5) is 11.3. The Hall–Kier alpha value is -4.22. The summed E-state index contributed by atoms with van der Waals surface area (Å²) in [6, 6.07) is 29.2. The predicted molar refractivity (Wildman–Crippen MR) is 150 cm³/mol. The lowest BCUT2D eigenvalue weighted by molar-refractivity contribution is 0.221. The Balaban J connectivity index is 1.19. The van der Waals surface area contributed by atoms with Crippen molar-refractivity contribution < 1.29 is 4.74 Å². The number of aromatic nitrogens is 2. The fourth-order valence-electron chi connectivity index (χ4n) is 4.97. The van der Waals surface area contributed by atoms with E-state index in [4.69, 9.17) is 4.74 Å². The Morgan fingerprint density at radius 2 is 1.62 bits per heavy atom. The smallest absolute Gasteiger partial charge is 0.145 e. The molecule has 3 heterocycles. The van der Waals surface area contributed by atoms with Crippen LogP contribution in [0.25, 0.3) is 22.0 Å². The highest BCUT2D eigenvalue weighted by atomic mass is 16.5. The molecule has 0 unspecified atom stereocenters. The van der Waals surface area contributed by atoms with Crippen molar-refractivity contribution in [3.05, 3.63) is 109 Å². The summed E-state index contributed by atoms with van der Waals surface area (Å²) in [5, 5.41) is 4.63. The zero-order chi connectivity index (χ0) is 24.9. The summed E-state index contributed by atoms with van der Waals surface area (Å²) >= 11 is 0. The molecule has 184 valence electrons. The number of ether oxygens (including phenoxy) is 1. The molecule has 0 radical (unpaired) electrons. The minimum Gasteiger partial charge on any atom is -0.456 e. The first-order valence-electron chi connectivity index (χ1n) is 13.0. The van der Waals surface area contributed by atoms with Gasteiger partial charge in [0.1, 0.15) is 11.5 Å². The molecule has 0 aliphatic carbocycles. The van der Waals surface area contributed by atoms with Crippen LogP contribution in [0, 0.1) is 0 Å². The van der Waals surface area contributed by atoms with E-state index in [1.165, 1.54) is 49.0 Å². The molecule has 37 heavy (non-hydrogen) atoms. The third kappa shape index (κ3) is 5.63. The Morgan fingerprint density at radius 3 is 2.46 bits per heavy atom. The van der Waals surface area contributed by atoms with E-state index in [1.807, 2.05) is 48.7 Å². The van der Waals surface area contributed by atoms with Gasteiger partial charge in [0.05, 0.1) is 11.7 Å². The largest absolute Gasteiger partial charge is 0.456 e. The third-order valence-corrected chi connectivity index (χ3v) is 6.86. The maximum atomic E-state index is 5.86. The van der Waals surface area contributed by atoms with Gasteiger partial charge in [0, 0.05) is 35.7 Å². The zero-order valence-electron chi connectivity index (χ0n) is 20.8. The number of hydrogen-bond donors (Lipinski definition) is 1. The summed E-state index contributed by atoms with van der Waals surface area (Å²) < 4.78 is 5.86. The van der Waals surface area contributed by atoms with E-state index in [0.29, 0.717) is 0 Å². The van der Waals surface area contributed by atoms with E-state index in [2.05, 4.69) is 62.6 Å². The fourth-order valence-corrected chi connectivity index (χ4v) is 4.97. The molecular weight excluding hydrogens is 456 g/mol. The molecule has 0 saturated carbocycles. The lowest BCUT2D eigenvalue weighted by atomic mass is 10.0. The number of benzene rings is 3. The fraction of sp³-hybridized carbons (Fsp3) is 0.188. The number of fused-ring (bicyclic) bond motifs is 1. The summed E-state index contributed by atoms with van der Waals surface area (Å²) in [7, 11) is 0. The maximum absolute atomic E-state index is 5.86. The second kappa shape index (κ2) is 10.8. The highest BCUT2D eigenvalue weighted by molar-refractivity contribution is 5.95. The van der Waals surface area contributed by atoms with E-state index in [1.54, 1.807) is 12.4 Å². The maximum Gasteiger partial charge on any atom is 0.145 e. The number of nitrogens with one attached hydrogen (secondary N) is 1. The van der Waals surface area contributed by atoms with Crippen LogP contribution in [-0.2, 0) is 6.54 Å². The molecule has 5 aromatic rings. The van der Waals surface area contributed by atoms with E-state index < -0.39 is 0 Å². The van der Waals surface area contributed by atoms with Crippen molar-refractivity contribution in [1.82, 2.24) is 14.9 Å². The van der Waals surface area contributed by atoms with Gasteiger partial charge in [0.25, 0.3) is 0 Å². The molecule has 1 saturated heterocycles. The molecule has 5 heteroatoms. The van der Waals surface area contributed by atoms with Gasteiger partial charge < -0.3 is 10.1 Å². The molecule has 1 fully saturated rings. The SMILES string of the molecule is c1cncc(Oc2ccc(Nc3ccnc4cc(-c5cccc(CN6CCCCC6)c5)ccc34)cc2)c1. The van der Waals surface area contributed by atoms with E-state index in [9.17, 15) is 0 Å². The van der Waals surface area contributed by atoms with Gasteiger partial charge in [0.2, 0.25) is 0 Å². The van der Waals surface area contributed by atoms with Gasteiger partial charge in [-0.3, -0.25) is 14.9 Å². The first-order valence-corrected chi connectivity index (χ1v) is 13.0. The van der Waals surface area contributed by atoms with Crippen LogP contribution < -0.4 is 10.1 Å². The van der Waals surface area contributed by atoms with Gasteiger partial charge in [0.15, 0.2) is 0 Å². The van der Waals surface area contributed by atoms with Crippen molar-refractivity contribution in [2.24, 2.45) is 0 Å². The minimum absolute atomic E-state index is 0.719. The number of nitrogens with zero attached hydrogens (tertiary/aromatic N) is 3. The molecule has 0 spiro atoms. The Bertz CT molecular complexity index is 1480. The van der Waals surface area contributed by atoms with Gasteiger partial charge in [-0.1, -0.05) is 36.8 Å². The average Bonchev–Trinajstić information content (AvgIpc) is 2.95. The van der Waals surface area contributed by atoms with Crippen LogP contribution >= 0.6 is 0 Å². The molecule has 0 bridgehead atoms. The van der Waals surface area contributed by atoms with Crippen molar-refractivity contribution in [2.45, 2.75) is 25.8 Å². The van der Waals surface area contributed by atoms with Crippen LogP contribution in [0.2, 0.25) is 0 Å². The summed E-state index contributed by atoms with van der Waals surface area (Å²) in [5.74, 6) is 1.49. The molecule has 3 aromatic carbocycles. The number of hydrogen-bond acceptors (Lipinski definition) is 5. The van der Waals surface area contributed by atoms with Crippen molar-refractivity contribution in [3.8, 4) is 22.6 Å². The zero-order valence-corrected chi connectivity index (χ0v) is 20.8. The number of likely N-dealkylation sites (tertiary alicyclic amines) is 1. The predicted octanol–water partition coefficient (Wildman–Crippen LogP) is 7.82. The van der Waals surface area contributed by atoms with Crippen LogP contribution in [0.1, 0.15) is 24.8 Å². The Labute approximate surface area is 217 Å². The molecule has 0 amide bonds. The molecule has 6 rings (SSSR count). The first-order chi connectivity index (χ1) is 18.3. The topological polar surface area (TPSA) is 50.3 Å². The normalized spacial score (nSPS) is 13.9. The first kappa shape index (κ1) is 23.2. The molecule has 1 aliphatic rings. The van der Waals surface area contributed by atoms with Crippen molar-refractivity contribution in [2.75, 3.05) is 18.4 Å². The Morgan fingerprint density at radius 1 is 0.757 bits per heavy atom. The lowest BCUT2D eigenvalue weighted by Gasteiger charge is -2.26. The highest BCUT2D eigenvalue weighted by Gasteiger charge is 2.11. The summed E-state index contributed by atoms with van der Waals surface area (Å²) in [5.41, 5.74) is 6.78. The number of pyridine rings is 2. The van der Waals surface area contributed by atoms with Gasteiger partial charge in [-0.25, -0.2) is 0 Å². The lowest BCUT2D eigenvalue weighted by Crippen LogP contribution is -2.29. The van der Waals surface area contributed by atoms with Gasteiger partial charge in [-0.2, -0.15) is 0 Å². The van der Waals surface area contributed by atoms with Crippen LogP contribution in [0.4, 0.5) is 11.4 Å². The average molecular weight is 487 g/mol. The Kier molecular flexibility index (Phi) is 6.78. The molecule has 0 atom stereocenters. The van der Waals surface area contributed by atoms with Gasteiger partial charge in [-0.05, 0) is 97.2 Å². The van der Waals surface area contributed by atoms with Crippen LogP contribution in [-0.4, -0.2) is 28.0 Å². The minimum atomic E-state index is 0.719. The van der Waals surface area contributed by atoms with Crippen molar-refractivity contribution in [1.29, 1.82) is 0 Å². The third-order valence-electron chi connectivity index (χ3n) is 6.86. The van der Waals surface area contributed by atoms with Gasteiger partial charge >= 0.3 is 0 Å². The van der Waals surface area contributed by atoms with Crippen molar-refractivity contribution >= 4 is 22.3 Å². The van der Waals surface area contributed by atoms with Gasteiger partial charge in [-0.15, -0.1) is 0 Å². The standard InChI is InChI=1S/C32H30N4O/c1-2-18-36(19-3-1)23-24-6-4-7-25(20-24)26-9-14-30-31(15-17-34-32(30)21-26)35-27-10-12-28(13-11-27)37-29-8-5-16-33-22-29/h4-17,20-22H,1-3,18-19,23H2,(H,34,35). The number of piperidine rings is 1. The van der Waals surface area contributed by atoms with Crippen LogP contribution in [0.3, 0.4) is 0 Å². The van der Waals surface area contributed by atoms with Crippen LogP contribution in [0.15, 0.2) is 104 Å². The number of anilines is 2. The van der Waals surface area contributed by atoms with Crippen LogP contribution in [0.5, 0.6) is 11.5 Å². The summed E-state index contributed by atoms with van der Waals surface area (Å²) in [6.45, 7) is 3.44. The quantitative estimate of drug-likeness (QED) is 0.254. The van der Waals surface area contributed by atoms with E-state index in [0.717, 1.165) is 40.3 Å². The van der Waals surface area contributed by atoms with E-state index in [-0.39, 0.29) is 0 Å². The van der Waals surface area contributed by atoms with E-state index >= 15 is 0 Å². The van der Waals surface area contributed by atoms with Crippen molar-refractivity contribution in [3.63, 3.8) is 0 Å². The number of rotatable bonds is 7. The second-order valence-corrected chi connectivity index (χ2v) is 9.57. The molecule has 1 aliphatic heterocycles. The summed E-state index contributed by atoms with van der Waals surface area (Å²) in [6.07, 6.45) is 9.29. The monoisotopic (exact) mass is 486 g/mol. The second-order valence-electron chi connectivity index (χ2n) is 9.57. The highest BCUT2D eigenvalue weighted by Crippen LogP contribution is 2.31.